The lowest BCUT2D eigenvalue weighted by Crippen LogP contribution is -2.29. The Balaban J connectivity index is 1.71. The van der Waals surface area contributed by atoms with Crippen LogP contribution in [-0.2, 0) is 17.7 Å². The summed E-state index contributed by atoms with van der Waals surface area (Å²) in [5.41, 5.74) is 1.40. The van der Waals surface area contributed by atoms with Crippen molar-refractivity contribution in [2.45, 2.75) is 33.2 Å². The van der Waals surface area contributed by atoms with E-state index in [-0.39, 0.29) is 0 Å². The van der Waals surface area contributed by atoms with Crippen molar-refractivity contribution >= 4 is 33.1 Å². The zero-order valence-electron chi connectivity index (χ0n) is 14.7. The standard InChI is InChI=1S/C16H23N7OS/c1-3-22-8-6-11-12(10-22)25-15-13(11)14(17-7-5-9-24-4-2)18-16-19-20-21-23(15)16/h3-10H2,1-2H3,(H,17,18,19,21). The highest BCUT2D eigenvalue weighted by Gasteiger charge is 2.24. The molecule has 0 spiro atoms. The molecule has 0 saturated carbocycles. The molecule has 0 fully saturated rings. The molecule has 25 heavy (non-hydrogen) atoms. The number of anilines is 1. The molecule has 3 aromatic heterocycles. The van der Waals surface area contributed by atoms with Gasteiger partial charge in [0.25, 0.3) is 5.78 Å². The van der Waals surface area contributed by atoms with E-state index in [9.17, 15) is 0 Å². The van der Waals surface area contributed by atoms with Crippen LogP contribution in [0.5, 0.6) is 0 Å². The summed E-state index contributed by atoms with van der Waals surface area (Å²) in [6.07, 6.45) is 2.00. The normalized spacial score (nSPS) is 15.1. The van der Waals surface area contributed by atoms with E-state index in [1.54, 1.807) is 15.9 Å². The molecule has 0 saturated heterocycles. The van der Waals surface area contributed by atoms with Gasteiger partial charge >= 0.3 is 0 Å². The molecule has 1 N–H and O–H groups in total. The summed E-state index contributed by atoms with van der Waals surface area (Å²) in [7, 11) is 0. The van der Waals surface area contributed by atoms with Crippen LogP contribution in [0.1, 0.15) is 30.7 Å². The van der Waals surface area contributed by atoms with Gasteiger partial charge in [0.1, 0.15) is 10.6 Å². The molecule has 0 aromatic carbocycles. The number of thiophene rings is 1. The van der Waals surface area contributed by atoms with Crippen molar-refractivity contribution in [3.05, 3.63) is 10.4 Å². The third-order valence-corrected chi connectivity index (χ3v) is 5.81. The van der Waals surface area contributed by atoms with Crippen LogP contribution in [0.2, 0.25) is 0 Å². The SMILES string of the molecule is CCOCCCNc1nc2nnnn2c2sc3c(c12)CCN(CC)C3. The van der Waals surface area contributed by atoms with Gasteiger partial charge in [-0.25, -0.2) is 0 Å². The predicted molar refractivity (Wildman–Crippen MR) is 98.2 cm³/mol. The van der Waals surface area contributed by atoms with Crippen LogP contribution in [0.3, 0.4) is 0 Å². The number of fused-ring (bicyclic) bond motifs is 5. The topological polar surface area (TPSA) is 80.5 Å². The quantitative estimate of drug-likeness (QED) is 0.644. The Morgan fingerprint density at radius 1 is 1.32 bits per heavy atom. The second-order valence-electron chi connectivity index (χ2n) is 6.13. The molecule has 0 unspecified atom stereocenters. The van der Waals surface area contributed by atoms with Crippen LogP contribution < -0.4 is 5.32 Å². The fourth-order valence-corrected chi connectivity index (χ4v) is 4.63. The second kappa shape index (κ2) is 7.19. The number of ether oxygens (including phenoxy) is 1. The minimum atomic E-state index is 0.547. The number of hydrogen-bond acceptors (Lipinski definition) is 8. The van der Waals surface area contributed by atoms with E-state index >= 15 is 0 Å². The highest BCUT2D eigenvalue weighted by atomic mass is 32.1. The van der Waals surface area contributed by atoms with Gasteiger partial charge in [-0.05, 0) is 42.3 Å². The zero-order valence-corrected chi connectivity index (χ0v) is 15.5. The lowest BCUT2D eigenvalue weighted by atomic mass is 10.0. The molecular weight excluding hydrogens is 338 g/mol. The van der Waals surface area contributed by atoms with Gasteiger partial charge in [-0.1, -0.05) is 12.0 Å². The van der Waals surface area contributed by atoms with Gasteiger partial charge in [-0.3, -0.25) is 4.90 Å². The number of likely N-dealkylation sites (N-methyl/N-ethyl adjacent to an activating group) is 1. The van der Waals surface area contributed by atoms with Crippen molar-refractivity contribution in [1.82, 2.24) is 29.9 Å². The van der Waals surface area contributed by atoms with Gasteiger partial charge in [0.2, 0.25) is 0 Å². The van der Waals surface area contributed by atoms with E-state index in [0.717, 1.165) is 62.9 Å². The molecular formula is C16H23N7OS. The highest BCUT2D eigenvalue weighted by Crippen LogP contribution is 2.38. The van der Waals surface area contributed by atoms with Crippen molar-refractivity contribution in [3.8, 4) is 0 Å². The summed E-state index contributed by atoms with van der Waals surface area (Å²) in [4.78, 5) is 9.63. The van der Waals surface area contributed by atoms with Crippen LogP contribution in [0.4, 0.5) is 5.82 Å². The van der Waals surface area contributed by atoms with Crippen LogP contribution in [0, 0.1) is 0 Å². The first kappa shape index (κ1) is 16.6. The summed E-state index contributed by atoms with van der Waals surface area (Å²) in [6, 6.07) is 0. The molecule has 4 rings (SSSR count). The van der Waals surface area contributed by atoms with Gasteiger partial charge < -0.3 is 10.1 Å². The number of nitrogens with zero attached hydrogens (tertiary/aromatic N) is 6. The Morgan fingerprint density at radius 2 is 2.24 bits per heavy atom. The van der Waals surface area contributed by atoms with E-state index in [2.05, 4.69) is 37.6 Å². The maximum Gasteiger partial charge on any atom is 0.276 e. The first-order chi connectivity index (χ1) is 12.3. The number of nitrogens with one attached hydrogen (secondary N) is 1. The Hall–Kier alpha value is -1.84. The smallest absolute Gasteiger partial charge is 0.276 e. The minimum absolute atomic E-state index is 0.547. The van der Waals surface area contributed by atoms with Crippen molar-refractivity contribution in [2.75, 3.05) is 38.2 Å². The maximum absolute atomic E-state index is 5.42. The van der Waals surface area contributed by atoms with Gasteiger partial charge in [-0.15, -0.1) is 11.3 Å². The first-order valence-corrected chi connectivity index (χ1v) is 9.69. The van der Waals surface area contributed by atoms with Crippen LogP contribution in [0.25, 0.3) is 16.0 Å². The Morgan fingerprint density at radius 3 is 3.08 bits per heavy atom. The Kier molecular flexibility index (Phi) is 4.78. The third-order valence-electron chi connectivity index (χ3n) is 4.62. The second-order valence-corrected chi connectivity index (χ2v) is 7.21. The Bertz CT molecular complexity index is 874. The molecule has 0 atom stereocenters. The molecule has 8 nitrogen and oxygen atoms in total. The summed E-state index contributed by atoms with van der Waals surface area (Å²) < 4.78 is 7.18. The summed E-state index contributed by atoms with van der Waals surface area (Å²) in [6.45, 7) is 9.73. The number of hydrogen-bond donors (Lipinski definition) is 1. The maximum atomic E-state index is 5.42. The van der Waals surface area contributed by atoms with Crippen LogP contribution in [0.15, 0.2) is 0 Å². The highest BCUT2D eigenvalue weighted by molar-refractivity contribution is 7.19. The summed E-state index contributed by atoms with van der Waals surface area (Å²) >= 11 is 1.79. The minimum Gasteiger partial charge on any atom is -0.382 e. The van der Waals surface area contributed by atoms with E-state index < -0.39 is 0 Å². The zero-order chi connectivity index (χ0) is 17.2. The van der Waals surface area contributed by atoms with Gasteiger partial charge in [0, 0.05) is 37.7 Å². The first-order valence-electron chi connectivity index (χ1n) is 8.88. The van der Waals surface area contributed by atoms with Gasteiger partial charge in [0.05, 0.1) is 5.39 Å². The van der Waals surface area contributed by atoms with E-state index in [4.69, 9.17) is 4.74 Å². The number of rotatable bonds is 7. The molecule has 9 heteroatoms. The average Bonchev–Trinajstić information content (AvgIpc) is 3.24. The van der Waals surface area contributed by atoms with Crippen molar-refractivity contribution < 1.29 is 4.74 Å². The molecule has 0 aliphatic carbocycles. The fourth-order valence-electron chi connectivity index (χ4n) is 3.30. The number of aromatic nitrogens is 5. The number of tetrazole rings is 1. The van der Waals surface area contributed by atoms with Crippen LogP contribution >= 0.6 is 11.3 Å². The van der Waals surface area contributed by atoms with E-state index in [1.165, 1.54) is 15.8 Å². The molecule has 4 heterocycles. The molecule has 134 valence electrons. The molecule has 0 bridgehead atoms. The van der Waals surface area contributed by atoms with Crippen molar-refractivity contribution in [3.63, 3.8) is 0 Å². The lowest BCUT2D eigenvalue weighted by Gasteiger charge is -2.25. The molecule has 3 aromatic rings. The summed E-state index contributed by atoms with van der Waals surface area (Å²) in [5, 5.41) is 16.6. The molecule has 1 aliphatic rings. The van der Waals surface area contributed by atoms with E-state index in [0.29, 0.717) is 5.78 Å². The fraction of sp³-hybridized carbons (Fsp3) is 0.625. The average molecular weight is 361 g/mol. The van der Waals surface area contributed by atoms with Crippen LogP contribution in [-0.4, -0.2) is 62.8 Å². The van der Waals surface area contributed by atoms with E-state index in [1.807, 2.05) is 6.92 Å². The molecule has 0 amide bonds. The van der Waals surface area contributed by atoms with Crippen molar-refractivity contribution in [1.29, 1.82) is 0 Å². The summed E-state index contributed by atoms with van der Waals surface area (Å²) in [5.74, 6) is 1.45. The molecule has 1 aliphatic heterocycles. The largest absolute Gasteiger partial charge is 0.382 e. The lowest BCUT2D eigenvalue weighted by molar-refractivity contribution is 0.147. The monoisotopic (exact) mass is 361 g/mol. The van der Waals surface area contributed by atoms with Gasteiger partial charge in [-0.2, -0.15) is 9.50 Å². The third kappa shape index (κ3) is 3.07. The molecule has 0 radical (unpaired) electrons. The van der Waals surface area contributed by atoms with Crippen molar-refractivity contribution in [2.24, 2.45) is 0 Å². The van der Waals surface area contributed by atoms with Gasteiger partial charge in [0.15, 0.2) is 0 Å². The Labute approximate surface area is 150 Å². The predicted octanol–water partition coefficient (Wildman–Crippen LogP) is 1.95.